The molecule has 0 bridgehead atoms. The number of methoxy groups -OCH3 is 1. The van der Waals surface area contributed by atoms with Gasteiger partial charge in [0.2, 0.25) is 0 Å². The van der Waals surface area contributed by atoms with Gasteiger partial charge in [-0.3, -0.25) is 4.79 Å². The number of hydrogen-bond donors (Lipinski definition) is 1. The molecule has 6 heteroatoms. The molecule has 2 aromatic carbocycles. The maximum Gasteiger partial charge on any atom is 0.339 e. The summed E-state index contributed by atoms with van der Waals surface area (Å²) in [5.74, 6) is 0.225. The average Bonchev–Trinajstić information content (AvgIpc) is 3.30. The average molecular weight is 405 g/mol. The van der Waals surface area contributed by atoms with Gasteiger partial charge in [0.1, 0.15) is 11.5 Å². The lowest BCUT2D eigenvalue weighted by Crippen LogP contribution is -2.35. The van der Waals surface area contributed by atoms with Gasteiger partial charge in [-0.2, -0.15) is 0 Å². The molecule has 0 radical (unpaired) electrons. The maximum atomic E-state index is 13.0. The summed E-state index contributed by atoms with van der Waals surface area (Å²) < 4.78 is 16.0. The van der Waals surface area contributed by atoms with Gasteiger partial charge in [0, 0.05) is 5.56 Å². The Hall–Kier alpha value is -3.80. The highest BCUT2D eigenvalue weighted by atomic mass is 16.5. The molecule has 0 aliphatic rings. The standard InChI is InChI=1S/C24H23NO5/c1-17(23(26)25-16-20-12-8-14-29-20)30-24(27)21(18-9-4-3-5-10-18)15-19-11-6-7-13-22(19)28-2/h3-15,17H,16H2,1-2H3,(H,25,26)/b21-15+/t17-/m1/s1. The Labute approximate surface area is 175 Å². The van der Waals surface area contributed by atoms with Crippen LogP contribution in [0.25, 0.3) is 11.6 Å². The van der Waals surface area contributed by atoms with E-state index in [1.54, 1.807) is 25.3 Å². The Morgan fingerprint density at radius 2 is 1.77 bits per heavy atom. The molecule has 0 fully saturated rings. The summed E-state index contributed by atoms with van der Waals surface area (Å²) in [5.41, 5.74) is 1.73. The lowest BCUT2D eigenvalue weighted by molar-refractivity contribution is -0.149. The summed E-state index contributed by atoms with van der Waals surface area (Å²) in [7, 11) is 1.57. The second-order valence-corrected chi connectivity index (χ2v) is 6.51. The first-order valence-electron chi connectivity index (χ1n) is 9.49. The lowest BCUT2D eigenvalue weighted by Gasteiger charge is -2.15. The van der Waals surface area contributed by atoms with Crippen molar-refractivity contribution in [1.29, 1.82) is 0 Å². The second kappa shape index (κ2) is 10.1. The molecule has 1 N–H and O–H groups in total. The summed E-state index contributed by atoms with van der Waals surface area (Å²) in [5, 5.41) is 2.69. The molecule has 1 amide bonds. The Bertz CT molecular complexity index is 1010. The molecule has 30 heavy (non-hydrogen) atoms. The molecular formula is C24H23NO5. The van der Waals surface area contributed by atoms with Gasteiger partial charge < -0.3 is 19.2 Å². The van der Waals surface area contributed by atoms with Crippen molar-refractivity contribution in [3.63, 3.8) is 0 Å². The third-order valence-electron chi connectivity index (χ3n) is 4.41. The van der Waals surface area contributed by atoms with Crippen LogP contribution in [-0.4, -0.2) is 25.1 Å². The van der Waals surface area contributed by atoms with Crippen molar-refractivity contribution in [3.8, 4) is 5.75 Å². The fourth-order valence-corrected chi connectivity index (χ4v) is 2.83. The number of ether oxygens (including phenoxy) is 2. The van der Waals surface area contributed by atoms with Gasteiger partial charge in [-0.05, 0) is 36.8 Å². The van der Waals surface area contributed by atoms with E-state index in [2.05, 4.69) is 5.32 Å². The molecule has 0 saturated carbocycles. The van der Waals surface area contributed by atoms with Crippen molar-refractivity contribution in [3.05, 3.63) is 89.9 Å². The van der Waals surface area contributed by atoms with Crippen molar-refractivity contribution >= 4 is 23.5 Å². The Kier molecular flexibility index (Phi) is 7.05. The molecule has 3 rings (SSSR count). The number of esters is 1. The summed E-state index contributed by atoms with van der Waals surface area (Å²) in [6.07, 6.45) is 2.25. The summed E-state index contributed by atoms with van der Waals surface area (Å²) in [6, 6.07) is 20.0. The third kappa shape index (κ3) is 5.38. The largest absolute Gasteiger partial charge is 0.496 e. The second-order valence-electron chi connectivity index (χ2n) is 6.51. The molecule has 0 saturated heterocycles. The Balaban J connectivity index is 1.78. The summed E-state index contributed by atoms with van der Waals surface area (Å²) in [4.78, 5) is 25.3. The topological polar surface area (TPSA) is 77.8 Å². The van der Waals surface area contributed by atoms with Crippen molar-refractivity contribution in [2.24, 2.45) is 0 Å². The molecule has 0 spiro atoms. The van der Waals surface area contributed by atoms with Crippen LogP contribution in [0.1, 0.15) is 23.8 Å². The number of rotatable bonds is 8. The van der Waals surface area contributed by atoms with E-state index < -0.39 is 18.0 Å². The summed E-state index contributed by atoms with van der Waals surface area (Å²) >= 11 is 0. The van der Waals surface area contributed by atoms with Crippen LogP contribution in [0.2, 0.25) is 0 Å². The number of carbonyl (C=O) groups is 2. The molecule has 0 aliphatic heterocycles. The number of furan rings is 1. The van der Waals surface area contributed by atoms with Gasteiger partial charge in [-0.15, -0.1) is 0 Å². The van der Waals surface area contributed by atoms with E-state index in [4.69, 9.17) is 13.9 Å². The quantitative estimate of drug-likeness (QED) is 0.347. The zero-order valence-electron chi connectivity index (χ0n) is 16.8. The van der Waals surface area contributed by atoms with Crippen LogP contribution in [0, 0.1) is 0 Å². The van der Waals surface area contributed by atoms with E-state index in [-0.39, 0.29) is 6.54 Å². The molecule has 6 nitrogen and oxygen atoms in total. The Morgan fingerprint density at radius 1 is 1.03 bits per heavy atom. The molecule has 1 atom stereocenters. The van der Waals surface area contributed by atoms with Crippen LogP contribution < -0.4 is 10.1 Å². The third-order valence-corrected chi connectivity index (χ3v) is 4.41. The number of carbonyl (C=O) groups excluding carboxylic acids is 2. The van der Waals surface area contributed by atoms with E-state index in [0.717, 1.165) is 5.56 Å². The van der Waals surface area contributed by atoms with E-state index in [1.807, 2.05) is 54.6 Å². The van der Waals surface area contributed by atoms with Gasteiger partial charge in [0.15, 0.2) is 6.10 Å². The number of benzene rings is 2. The van der Waals surface area contributed by atoms with E-state index >= 15 is 0 Å². The van der Waals surface area contributed by atoms with Gasteiger partial charge in [-0.1, -0.05) is 48.5 Å². The Morgan fingerprint density at radius 3 is 2.47 bits per heavy atom. The first-order valence-corrected chi connectivity index (χ1v) is 9.49. The number of nitrogens with one attached hydrogen (secondary N) is 1. The van der Waals surface area contributed by atoms with Gasteiger partial charge >= 0.3 is 5.97 Å². The molecule has 0 unspecified atom stereocenters. The lowest BCUT2D eigenvalue weighted by atomic mass is 10.0. The van der Waals surface area contributed by atoms with E-state index in [0.29, 0.717) is 22.6 Å². The fraction of sp³-hybridized carbons (Fsp3) is 0.167. The van der Waals surface area contributed by atoms with E-state index in [1.165, 1.54) is 13.2 Å². The van der Waals surface area contributed by atoms with Crippen LogP contribution >= 0.6 is 0 Å². The van der Waals surface area contributed by atoms with Gasteiger partial charge in [-0.25, -0.2) is 4.79 Å². The molecule has 1 aromatic heterocycles. The minimum Gasteiger partial charge on any atom is -0.496 e. The molecule has 0 aliphatic carbocycles. The first kappa shape index (κ1) is 20.9. The van der Waals surface area contributed by atoms with Crippen molar-refractivity contribution in [1.82, 2.24) is 5.32 Å². The van der Waals surface area contributed by atoms with Crippen molar-refractivity contribution in [2.75, 3.05) is 7.11 Å². The van der Waals surface area contributed by atoms with Crippen molar-refractivity contribution in [2.45, 2.75) is 19.6 Å². The van der Waals surface area contributed by atoms with Crippen LogP contribution in [0.15, 0.2) is 77.4 Å². The van der Waals surface area contributed by atoms with Crippen LogP contribution in [0.3, 0.4) is 0 Å². The molecule has 1 heterocycles. The van der Waals surface area contributed by atoms with Crippen LogP contribution in [-0.2, 0) is 20.9 Å². The van der Waals surface area contributed by atoms with Gasteiger partial charge in [0.05, 0.1) is 25.5 Å². The number of amides is 1. The highest BCUT2D eigenvalue weighted by molar-refractivity contribution is 6.22. The van der Waals surface area contributed by atoms with Crippen molar-refractivity contribution < 1.29 is 23.5 Å². The SMILES string of the molecule is COc1ccccc1/C=C(/C(=O)O[C@H](C)C(=O)NCc1ccco1)c1ccccc1. The van der Waals surface area contributed by atoms with Gasteiger partial charge in [0.25, 0.3) is 5.91 Å². The minimum atomic E-state index is -0.975. The number of para-hydroxylation sites is 1. The molecule has 154 valence electrons. The fourth-order valence-electron chi connectivity index (χ4n) is 2.83. The number of hydrogen-bond acceptors (Lipinski definition) is 5. The summed E-state index contributed by atoms with van der Waals surface area (Å²) in [6.45, 7) is 1.75. The molecular weight excluding hydrogens is 382 g/mol. The maximum absolute atomic E-state index is 13.0. The normalized spacial score (nSPS) is 12.1. The van der Waals surface area contributed by atoms with E-state index in [9.17, 15) is 9.59 Å². The minimum absolute atomic E-state index is 0.219. The predicted molar refractivity (Wildman–Crippen MR) is 113 cm³/mol. The molecule has 3 aromatic rings. The van der Waals surface area contributed by atoms with Crippen LogP contribution in [0.5, 0.6) is 5.75 Å². The highest BCUT2D eigenvalue weighted by Crippen LogP contribution is 2.25. The monoisotopic (exact) mass is 405 g/mol. The zero-order valence-corrected chi connectivity index (χ0v) is 16.8. The predicted octanol–water partition coefficient (Wildman–Crippen LogP) is 4.08. The smallest absolute Gasteiger partial charge is 0.339 e. The first-order chi connectivity index (χ1) is 14.6. The van der Waals surface area contributed by atoms with Crippen LogP contribution in [0.4, 0.5) is 0 Å². The highest BCUT2D eigenvalue weighted by Gasteiger charge is 2.22. The zero-order chi connectivity index (χ0) is 21.3.